The molecule has 0 unspecified atom stereocenters. The summed E-state index contributed by atoms with van der Waals surface area (Å²) in [5, 5.41) is 3.52. The van der Waals surface area contributed by atoms with Crippen molar-refractivity contribution < 1.29 is 4.42 Å². The van der Waals surface area contributed by atoms with E-state index in [2.05, 4.69) is 40.0 Å². The summed E-state index contributed by atoms with van der Waals surface area (Å²) in [5.41, 5.74) is 0. The average molecular weight is 483 g/mol. The van der Waals surface area contributed by atoms with Gasteiger partial charge in [0.25, 0.3) is 0 Å². The van der Waals surface area contributed by atoms with E-state index in [0.717, 1.165) is 63.2 Å². The van der Waals surface area contributed by atoms with Crippen LogP contribution in [0.25, 0.3) is 0 Å². The fraction of sp³-hybridized carbons (Fsp3) is 0.500. The van der Waals surface area contributed by atoms with Gasteiger partial charge in [-0.15, -0.1) is 24.0 Å². The van der Waals surface area contributed by atoms with Gasteiger partial charge in [0.2, 0.25) is 0 Å². The summed E-state index contributed by atoms with van der Waals surface area (Å²) < 4.78 is 5.41. The minimum Gasteiger partial charge on any atom is -0.469 e. The molecular formula is C20H30IN5O. The molecule has 0 aromatic carbocycles. The van der Waals surface area contributed by atoms with Crippen LogP contribution in [0, 0.1) is 5.92 Å². The van der Waals surface area contributed by atoms with E-state index in [1.165, 1.54) is 0 Å². The lowest BCUT2D eigenvalue weighted by molar-refractivity contribution is 0.369. The summed E-state index contributed by atoms with van der Waals surface area (Å²) in [7, 11) is 0. The average Bonchev–Trinajstić information content (AvgIpc) is 3.19. The molecule has 0 bridgehead atoms. The first kappa shape index (κ1) is 21.5. The zero-order valence-corrected chi connectivity index (χ0v) is 18.5. The van der Waals surface area contributed by atoms with Crippen molar-refractivity contribution in [2.45, 2.75) is 20.3 Å². The number of guanidine groups is 1. The number of hydrogen-bond acceptors (Lipinski definition) is 4. The minimum atomic E-state index is 0. The first-order valence-corrected chi connectivity index (χ1v) is 9.44. The summed E-state index contributed by atoms with van der Waals surface area (Å²) in [5.74, 6) is 3.61. The highest BCUT2D eigenvalue weighted by molar-refractivity contribution is 14.0. The van der Waals surface area contributed by atoms with E-state index < -0.39 is 0 Å². The van der Waals surface area contributed by atoms with E-state index in [1.807, 2.05) is 30.5 Å². The SMILES string of the molecule is CC(C)CN=C(NCCc1ccco1)N1CCN(c2ccccn2)CC1.I. The van der Waals surface area contributed by atoms with Crippen LogP contribution in [-0.4, -0.2) is 55.1 Å². The van der Waals surface area contributed by atoms with Gasteiger partial charge in [-0.3, -0.25) is 4.99 Å². The molecule has 2 aromatic heterocycles. The number of anilines is 1. The fourth-order valence-electron chi connectivity index (χ4n) is 2.98. The smallest absolute Gasteiger partial charge is 0.194 e. The molecule has 0 aliphatic carbocycles. The Hall–Kier alpha value is -1.77. The zero-order chi connectivity index (χ0) is 18.2. The van der Waals surface area contributed by atoms with Crippen LogP contribution in [0.3, 0.4) is 0 Å². The molecule has 1 saturated heterocycles. The molecule has 148 valence electrons. The van der Waals surface area contributed by atoms with Crippen molar-refractivity contribution in [3.63, 3.8) is 0 Å². The Bertz CT molecular complexity index is 667. The van der Waals surface area contributed by atoms with Gasteiger partial charge in [-0.25, -0.2) is 4.98 Å². The zero-order valence-electron chi connectivity index (χ0n) is 16.2. The van der Waals surface area contributed by atoms with E-state index >= 15 is 0 Å². The standard InChI is InChI=1S/C20H29N5O.HI/c1-17(2)16-23-20(22-10-8-18-6-5-15-26-18)25-13-11-24(12-14-25)19-7-3-4-9-21-19;/h3-7,9,15,17H,8,10-14,16H2,1-2H3,(H,22,23);1H. The van der Waals surface area contributed by atoms with Gasteiger partial charge in [-0.1, -0.05) is 19.9 Å². The van der Waals surface area contributed by atoms with Crippen molar-refractivity contribution in [3.8, 4) is 0 Å². The number of nitrogens with zero attached hydrogens (tertiary/aromatic N) is 4. The Kier molecular flexibility index (Phi) is 8.90. The number of rotatable bonds is 6. The summed E-state index contributed by atoms with van der Waals surface area (Å²) >= 11 is 0. The predicted molar refractivity (Wildman–Crippen MR) is 121 cm³/mol. The molecule has 1 fully saturated rings. The summed E-state index contributed by atoms with van der Waals surface area (Å²) in [4.78, 5) is 14.0. The van der Waals surface area contributed by atoms with Gasteiger partial charge in [-0.2, -0.15) is 0 Å². The number of aromatic nitrogens is 1. The van der Waals surface area contributed by atoms with E-state index in [0.29, 0.717) is 5.92 Å². The van der Waals surface area contributed by atoms with Gasteiger partial charge in [0.05, 0.1) is 6.26 Å². The van der Waals surface area contributed by atoms with Crippen molar-refractivity contribution in [1.82, 2.24) is 15.2 Å². The molecule has 27 heavy (non-hydrogen) atoms. The molecule has 7 heteroatoms. The third kappa shape index (κ3) is 6.71. The van der Waals surface area contributed by atoms with E-state index in [9.17, 15) is 0 Å². The molecule has 3 rings (SSSR count). The molecule has 1 aliphatic heterocycles. The van der Waals surface area contributed by atoms with Crippen LogP contribution in [0.5, 0.6) is 0 Å². The van der Waals surface area contributed by atoms with Gasteiger partial charge < -0.3 is 19.5 Å². The van der Waals surface area contributed by atoms with Crippen LogP contribution in [0.15, 0.2) is 52.2 Å². The first-order chi connectivity index (χ1) is 12.7. The van der Waals surface area contributed by atoms with Gasteiger partial charge in [-0.05, 0) is 30.2 Å². The van der Waals surface area contributed by atoms with Crippen molar-refractivity contribution in [3.05, 3.63) is 48.6 Å². The van der Waals surface area contributed by atoms with Gasteiger partial charge in [0.1, 0.15) is 11.6 Å². The van der Waals surface area contributed by atoms with Crippen molar-refractivity contribution in [1.29, 1.82) is 0 Å². The molecule has 0 radical (unpaired) electrons. The largest absolute Gasteiger partial charge is 0.469 e. The van der Waals surface area contributed by atoms with Gasteiger partial charge >= 0.3 is 0 Å². The van der Waals surface area contributed by atoms with Crippen molar-refractivity contribution in [2.75, 3.05) is 44.2 Å². The lowest BCUT2D eigenvalue weighted by Crippen LogP contribution is -2.53. The Morgan fingerprint density at radius 3 is 2.63 bits per heavy atom. The Balaban J connectivity index is 0.00000261. The molecule has 0 spiro atoms. The summed E-state index contributed by atoms with van der Waals surface area (Å²) in [6.45, 7) is 9.86. The van der Waals surface area contributed by atoms with Crippen LogP contribution in [-0.2, 0) is 6.42 Å². The second kappa shape index (κ2) is 11.2. The van der Waals surface area contributed by atoms with Crippen LogP contribution >= 0.6 is 24.0 Å². The molecule has 1 N–H and O–H groups in total. The third-order valence-corrected chi connectivity index (χ3v) is 4.39. The molecular weight excluding hydrogens is 453 g/mol. The minimum absolute atomic E-state index is 0. The Labute approximate surface area is 179 Å². The second-order valence-corrected chi connectivity index (χ2v) is 6.98. The quantitative estimate of drug-likeness (QED) is 0.389. The molecule has 2 aromatic rings. The van der Waals surface area contributed by atoms with Gasteiger partial charge in [0, 0.05) is 51.9 Å². The lowest BCUT2D eigenvalue weighted by atomic mass is 10.2. The number of aliphatic imine (C=N–C) groups is 1. The number of pyridine rings is 1. The van der Waals surface area contributed by atoms with Crippen molar-refractivity contribution in [2.24, 2.45) is 10.9 Å². The van der Waals surface area contributed by atoms with Crippen LogP contribution < -0.4 is 10.2 Å². The maximum absolute atomic E-state index is 5.41. The first-order valence-electron chi connectivity index (χ1n) is 9.44. The number of hydrogen-bond donors (Lipinski definition) is 1. The topological polar surface area (TPSA) is 56.9 Å². The van der Waals surface area contributed by atoms with Crippen LogP contribution in [0.1, 0.15) is 19.6 Å². The maximum atomic E-state index is 5.41. The summed E-state index contributed by atoms with van der Waals surface area (Å²) in [6, 6.07) is 10.0. The fourth-order valence-corrected chi connectivity index (χ4v) is 2.98. The van der Waals surface area contributed by atoms with E-state index in [4.69, 9.17) is 9.41 Å². The molecule has 0 saturated carbocycles. The lowest BCUT2D eigenvalue weighted by Gasteiger charge is -2.37. The Morgan fingerprint density at radius 2 is 2.00 bits per heavy atom. The second-order valence-electron chi connectivity index (χ2n) is 6.98. The molecule has 6 nitrogen and oxygen atoms in total. The van der Waals surface area contributed by atoms with Crippen LogP contribution in [0.2, 0.25) is 0 Å². The van der Waals surface area contributed by atoms with Crippen LogP contribution in [0.4, 0.5) is 5.82 Å². The summed E-state index contributed by atoms with van der Waals surface area (Å²) in [6.07, 6.45) is 4.44. The molecule has 1 aliphatic rings. The normalized spacial score (nSPS) is 15.0. The predicted octanol–water partition coefficient (Wildman–Crippen LogP) is 3.26. The monoisotopic (exact) mass is 483 g/mol. The molecule has 0 amide bonds. The van der Waals surface area contributed by atoms with Crippen molar-refractivity contribution >= 4 is 35.8 Å². The van der Waals surface area contributed by atoms with E-state index in [1.54, 1.807) is 6.26 Å². The number of furan rings is 1. The van der Waals surface area contributed by atoms with E-state index in [-0.39, 0.29) is 24.0 Å². The molecule has 0 atom stereocenters. The number of nitrogens with one attached hydrogen (secondary N) is 1. The van der Waals surface area contributed by atoms with Gasteiger partial charge in [0.15, 0.2) is 5.96 Å². The molecule has 3 heterocycles. The third-order valence-electron chi connectivity index (χ3n) is 4.39. The highest BCUT2D eigenvalue weighted by atomic mass is 127. The maximum Gasteiger partial charge on any atom is 0.194 e. The number of piperazine rings is 1. The highest BCUT2D eigenvalue weighted by Crippen LogP contribution is 2.12. The number of halogens is 1. The Morgan fingerprint density at radius 1 is 1.19 bits per heavy atom. The highest BCUT2D eigenvalue weighted by Gasteiger charge is 2.20.